The minimum absolute atomic E-state index is 0.212. The number of phenols is 1. The Labute approximate surface area is 101 Å². The van der Waals surface area contributed by atoms with Crippen molar-refractivity contribution in [2.24, 2.45) is 0 Å². The number of aliphatic carboxylic acids is 1. The van der Waals surface area contributed by atoms with Crippen molar-refractivity contribution in [2.45, 2.75) is 38.8 Å². The van der Waals surface area contributed by atoms with Crippen LogP contribution in [0.3, 0.4) is 0 Å². The summed E-state index contributed by atoms with van der Waals surface area (Å²) in [7, 11) is 0. The smallest absolute Gasteiger partial charge is 0.323 e. The Bertz CT molecular complexity index is 369. The number of aromatic hydroxyl groups is 1. The molecule has 0 radical (unpaired) electrons. The van der Waals surface area contributed by atoms with Crippen LogP contribution in [0.15, 0.2) is 24.3 Å². The van der Waals surface area contributed by atoms with Crippen LogP contribution < -0.4 is 5.32 Å². The van der Waals surface area contributed by atoms with E-state index in [-0.39, 0.29) is 5.75 Å². The monoisotopic (exact) mass is 237 g/mol. The van der Waals surface area contributed by atoms with Gasteiger partial charge in [-0.15, -0.1) is 0 Å². The average molecular weight is 237 g/mol. The highest BCUT2D eigenvalue weighted by Crippen LogP contribution is 2.17. The van der Waals surface area contributed by atoms with Gasteiger partial charge in [-0.2, -0.15) is 0 Å². The van der Waals surface area contributed by atoms with E-state index in [0.29, 0.717) is 19.4 Å². The Balaban J connectivity index is 2.70. The van der Waals surface area contributed by atoms with E-state index in [1.54, 1.807) is 24.3 Å². The van der Waals surface area contributed by atoms with Gasteiger partial charge in [0, 0.05) is 6.54 Å². The summed E-state index contributed by atoms with van der Waals surface area (Å²) >= 11 is 0. The van der Waals surface area contributed by atoms with Gasteiger partial charge in [0.25, 0.3) is 0 Å². The van der Waals surface area contributed by atoms with Gasteiger partial charge in [0.1, 0.15) is 11.3 Å². The molecule has 0 heterocycles. The molecule has 0 aliphatic rings. The van der Waals surface area contributed by atoms with E-state index in [9.17, 15) is 9.90 Å². The quantitative estimate of drug-likeness (QED) is 0.709. The molecule has 4 heteroatoms. The number of phenolic OH excluding ortho intramolecular Hbond substituents is 1. The van der Waals surface area contributed by atoms with Crippen LogP contribution in [0, 0.1) is 0 Å². The normalized spacial score (nSPS) is 11.4. The van der Waals surface area contributed by atoms with Crippen LogP contribution in [-0.2, 0) is 11.3 Å². The zero-order valence-electron chi connectivity index (χ0n) is 10.2. The van der Waals surface area contributed by atoms with Gasteiger partial charge < -0.3 is 10.2 Å². The Morgan fingerprint density at radius 1 is 1.24 bits per heavy atom. The second-order valence-corrected chi connectivity index (χ2v) is 4.11. The third kappa shape index (κ3) is 3.20. The van der Waals surface area contributed by atoms with E-state index in [0.717, 1.165) is 5.56 Å². The van der Waals surface area contributed by atoms with Gasteiger partial charge in [0.2, 0.25) is 0 Å². The van der Waals surface area contributed by atoms with E-state index in [2.05, 4.69) is 5.32 Å². The summed E-state index contributed by atoms with van der Waals surface area (Å²) in [5.74, 6) is -0.606. The molecule has 1 rings (SSSR count). The van der Waals surface area contributed by atoms with Crippen LogP contribution in [0.2, 0.25) is 0 Å². The highest BCUT2D eigenvalue weighted by molar-refractivity contribution is 5.78. The first-order valence-corrected chi connectivity index (χ1v) is 5.80. The summed E-state index contributed by atoms with van der Waals surface area (Å²) in [5, 5.41) is 21.5. The molecule has 0 spiro atoms. The molecule has 0 unspecified atom stereocenters. The number of carboxylic acids is 1. The molecule has 0 aromatic heterocycles. The van der Waals surface area contributed by atoms with Crippen LogP contribution in [0.25, 0.3) is 0 Å². The maximum absolute atomic E-state index is 11.3. The lowest BCUT2D eigenvalue weighted by Gasteiger charge is -2.28. The summed E-state index contributed by atoms with van der Waals surface area (Å²) < 4.78 is 0. The van der Waals surface area contributed by atoms with Crippen LogP contribution in [0.4, 0.5) is 0 Å². The summed E-state index contributed by atoms with van der Waals surface area (Å²) in [4.78, 5) is 11.3. The fourth-order valence-corrected chi connectivity index (χ4v) is 1.76. The topological polar surface area (TPSA) is 69.6 Å². The van der Waals surface area contributed by atoms with Crippen LogP contribution in [-0.4, -0.2) is 21.7 Å². The SMILES string of the molecule is CCC(CC)(NCc1ccc(O)cc1)C(=O)O. The highest BCUT2D eigenvalue weighted by Gasteiger charge is 2.33. The number of nitrogens with one attached hydrogen (secondary N) is 1. The van der Waals surface area contributed by atoms with Gasteiger partial charge in [-0.1, -0.05) is 26.0 Å². The summed E-state index contributed by atoms with van der Waals surface area (Å²) in [5.41, 5.74) is 0.0908. The number of hydrogen-bond donors (Lipinski definition) is 3. The van der Waals surface area contributed by atoms with E-state index in [4.69, 9.17) is 5.11 Å². The van der Waals surface area contributed by atoms with Gasteiger partial charge in [-0.05, 0) is 30.5 Å². The molecule has 4 nitrogen and oxygen atoms in total. The molecule has 0 aliphatic carbocycles. The molecule has 0 fully saturated rings. The molecule has 17 heavy (non-hydrogen) atoms. The van der Waals surface area contributed by atoms with Crippen molar-refractivity contribution in [3.05, 3.63) is 29.8 Å². The Hall–Kier alpha value is -1.55. The number of carbonyl (C=O) groups is 1. The number of rotatable bonds is 6. The second kappa shape index (κ2) is 5.68. The number of carboxylic acid groups (broad SMARTS) is 1. The molecule has 0 amide bonds. The van der Waals surface area contributed by atoms with Crippen molar-refractivity contribution in [1.29, 1.82) is 0 Å². The predicted octanol–water partition coefficient (Wildman–Crippen LogP) is 2.13. The molecule has 0 aliphatic heterocycles. The van der Waals surface area contributed by atoms with Crippen molar-refractivity contribution in [1.82, 2.24) is 5.32 Å². The van der Waals surface area contributed by atoms with Gasteiger partial charge in [-0.3, -0.25) is 10.1 Å². The minimum Gasteiger partial charge on any atom is -0.508 e. The summed E-state index contributed by atoms with van der Waals surface area (Å²) in [6.07, 6.45) is 1.08. The molecule has 1 aromatic rings. The van der Waals surface area contributed by atoms with Crippen LogP contribution in [0.1, 0.15) is 32.3 Å². The second-order valence-electron chi connectivity index (χ2n) is 4.11. The highest BCUT2D eigenvalue weighted by atomic mass is 16.4. The van der Waals surface area contributed by atoms with Gasteiger partial charge in [-0.25, -0.2) is 0 Å². The van der Waals surface area contributed by atoms with Gasteiger partial charge >= 0.3 is 5.97 Å². The van der Waals surface area contributed by atoms with Gasteiger partial charge in [0.15, 0.2) is 0 Å². The first kappa shape index (κ1) is 13.5. The molecule has 0 bridgehead atoms. The average Bonchev–Trinajstić information content (AvgIpc) is 2.33. The molecule has 0 atom stereocenters. The Morgan fingerprint density at radius 3 is 2.18 bits per heavy atom. The van der Waals surface area contributed by atoms with Crippen molar-refractivity contribution < 1.29 is 15.0 Å². The molecule has 1 aromatic carbocycles. The molecule has 0 saturated carbocycles. The van der Waals surface area contributed by atoms with Crippen LogP contribution in [0.5, 0.6) is 5.75 Å². The first-order valence-electron chi connectivity index (χ1n) is 5.80. The molecule has 3 N–H and O–H groups in total. The van der Waals surface area contributed by atoms with E-state index in [1.807, 2.05) is 13.8 Å². The molecular weight excluding hydrogens is 218 g/mol. The fourth-order valence-electron chi connectivity index (χ4n) is 1.76. The number of hydrogen-bond acceptors (Lipinski definition) is 3. The predicted molar refractivity (Wildman–Crippen MR) is 65.9 cm³/mol. The first-order chi connectivity index (χ1) is 8.04. The zero-order chi connectivity index (χ0) is 12.9. The van der Waals surface area contributed by atoms with E-state index in [1.165, 1.54) is 0 Å². The third-order valence-electron chi connectivity index (χ3n) is 3.18. The van der Waals surface area contributed by atoms with E-state index < -0.39 is 11.5 Å². The summed E-state index contributed by atoms with van der Waals surface area (Å²) in [6.45, 7) is 4.21. The lowest BCUT2D eigenvalue weighted by atomic mass is 9.92. The van der Waals surface area contributed by atoms with Crippen LogP contribution >= 0.6 is 0 Å². The largest absolute Gasteiger partial charge is 0.508 e. The lowest BCUT2D eigenvalue weighted by molar-refractivity contribution is -0.145. The maximum atomic E-state index is 11.3. The zero-order valence-corrected chi connectivity index (χ0v) is 10.2. The standard InChI is InChI=1S/C13H19NO3/c1-3-13(4-2,12(16)17)14-9-10-5-7-11(15)8-6-10/h5-8,14-15H,3-4,9H2,1-2H3,(H,16,17). The van der Waals surface area contributed by atoms with Crippen molar-refractivity contribution in [2.75, 3.05) is 0 Å². The Kier molecular flexibility index (Phi) is 4.52. The third-order valence-corrected chi connectivity index (χ3v) is 3.18. The van der Waals surface area contributed by atoms with Gasteiger partial charge in [0.05, 0.1) is 0 Å². The lowest BCUT2D eigenvalue weighted by Crippen LogP contribution is -2.50. The molecule has 0 saturated heterocycles. The minimum atomic E-state index is -0.863. The number of benzene rings is 1. The van der Waals surface area contributed by atoms with Crippen molar-refractivity contribution in [3.8, 4) is 5.75 Å². The molecule has 94 valence electrons. The molecular formula is C13H19NO3. The van der Waals surface area contributed by atoms with Crippen molar-refractivity contribution in [3.63, 3.8) is 0 Å². The Morgan fingerprint density at radius 2 is 1.76 bits per heavy atom. The van der Waals surface area contributed by atoms with Crippen molar-refractivity contribution >= 4 is 5.97 Å². The fraction of sp³-hybridized carbons (Fsp3) is 0.462. The summed E-state index contributed by atoms with van der Waals surface area (Å²) in [6, 6.07) is 6.75. The maximum Gasteiger partial charge on any atom is 0.323 e. The van der Waals surface area contributed by atoms with E-state index >= 15 is 0 Å².